The molecule has 7 atom stereocenters. The number of alkyl halides is 1. The zero-order valence-electron chi connectivity index (χ0n) is 13.8. The number of hydrogen-bond donors (Lipinski definition) is 1. The molecule has 0 aromatic carbocycles. The standard InChI is InChI=1S/C19H25BrO3/c1-18-5-3-11(21)7-10(18)8-15(22)16-12(18)4-6-19(2)13(16)9-14(20)17(19)23/h8,11-14,16,21H,3-7,9H2,1-2H3. The topological polar surface area (TPSA) is 54.4 Å². The minimum absolute atomic E-state index is 0.00996. The van der Waals surface area contributed by atoms with E-state index in [-0.39, 0.29) is 39.4 Å². The number of halogens is 1. The van der Waals surface area contributed by atoms with Crippen LogP contribution in [0.4, 0.5) is 0 Å². The molecule has 0 radical (unpaired) electrons. The normalized spacial score (nSPS) is 52.5. The summed E-state index contributed by atoms with van der Waals surface area (Å²) in [6, 6.07) is 0. The highest BCUT2D eigenvalue weighted by atomic mass is 79.9. The first-order valence-electron chi connectivity index (χ1n) is 8.89. The minimum atomic E-state index is -0.332. The monoisotopic (exact) mass is 380 g/mol. The van der Waals surface area contributed by atoms with Gasteiger partial charge in [-0.15, -0.1) is 0 Å². The third-order valence-corrected chi connectivity index (χ3v) is 8.41. The molecule has 23 heavy (non-hydrogen) atoms. The van der Waals surface area contributed by atoms with Crippen molar-refractivity contribution in [3.05, 3.63) is 11.6 Å². The molecule has 0 amide bonds. The van der Waals surface area contributed by atoms with Crippen LogP contribution in [-0.2, 0) is 9.59 Å². The summed E-state index contributed by atoms with van der Waals surface area (Å²) in [7, 11) is 0. The Morgan fingerprint density at radius 1 is 1.13 bits per heavy atom. The fourth-order valence-corrected chi connectivity index (χ4v) is 7.07. The van der Waals surface area contributed by atoms with Gasteiger partial charge in [0.05, 0.1) is 10.9 Å². The average molecular weight is 381 g/mol. The first-order valence-corrected chi connectivity index (χ1v) is 9.80. The van der Waals surface area contributed by atoms with E-state index in [0.717, 1.165) is 37.7 Å². The van der Waals surface area contributed by atoms with Gasteiger partial charge in [0.2, 0.25) is 0 Å². The smallest absolute Gasteiger partial charge is 0.159 e. The molecule has 7 unspecified atom stereocenters. The van der Waals surface area contributed by atoms with E-state index in [0.29, 0.717) is 18.1 Å². The molecule has 0 heterocycles. The number of aliphatic hydroxyl groups is 1. The molecule has 0 bridgehead atoms. The highest BCUT2D eigenvalue weighted by Crippen LogP contribution is 2.63. The molecule has 0 saturated heterocycles. The Balaban J connectivity index is 1.76. The molecular formula is C19H25BrO3. The van der Waals surface area contributed by atoms with Crippen LogP contribution in [0, 0.1) is 28.6 Å². The Morgan fingerprint density at radius 3 is 2.57 bits per heavy atom. The second-order valence-corrected chi connectivity index (χ2v) is 9.75. The van der Waals surface area contributed by atoms with Gasteiger partial charge in [-0.3, -0.25) is 9.59 Å². The number of ketones is 2. The molecule has 3 fully saturated rings. The lowest BCUT2D eigenvalue weighted by Crippen LogP contribution is -2.53. The summed E-state index contributed by atoms with van der Waals surface area (Å²) in [6.07, 6.45) is 6.62. The minimum Gasteiger partial charge on any atom is -0.393 e. The highest BCUT2D eigenvalue weighted by molar-refractivity contribution is 9.10. The fraction of sp³-hybridized carbons (Fsp3) is 0.789. The summed E-state index contributed by atoms with van der Waals surface area (Å²) in [4.78, 5) is 25.5. The van der Waals surface area contributed by atoms with Gasteiger partial charge in [0.15, 0.2) is 11.6 Å². The van der Waals surface area contributed by atoms with E-state index in [2.05, 4.69) is 29.8 Å². The van der Waals surface area contributed by atoms with Crippen LogP contribution in [0.1, 0.15) is 52.4 Å². The number of fused-ring (bicyclic) bond motifs is 5. The third kappa shape index (κ3) is 2.03. The summed E-state index contributed by atoms with van der Waals surface area (Å²) < 4.78 is 0. The zero-order valence-corrected chi connectivity index (χ0v) is 15.4. The van der Waals surface area contributed by atoms with E-state index < -0.39 is 0 Å². The predicted octanol–water partition coefficient (Wildman–Crippen LogP) is 3.43. The number of carbonyl (C=O) groups excluding carboxylic acids is 2. The molecule has 3 nitrogen and oxygen atoms in total. The maximum absolute atomic E-state index is 12.9. The van der Waals surface area contributed by atoms with Gasteiger partial charge in [0, 0.05) is 11.3 Å². The van der Waals surface area contributed by atoms with Crippen molar-refractivity contribution in [2.75, 3.05) is 0 Å². The molecule has 1 N–H and O–H groups in total. The highest BCUT2D eigenvalue weighted by Gasteiger charge is 2.62. The van der Waals surface area contributed by atoms with E-state index in [1.807, 2.05) is 6.08 Å². The van der Waals surface area contributed by atoms with E-state index in [1.54, 1.807) is 0 Å². The van der Waals surface area contributed by atoms with Crippen LogP contribution in [0.5, 0.6) is 0 Å². The molecule has 0 spiro atoms. The summed E-state index contributed by atoms with van der Waals surface area (Å²) in [5.74, 6) is 1.01. The third-order valence-electron chi connectivity index (χ3n) is 7.62. The van der Waals surface area contributed by atoms with Crippen molar-refractivity contribution in [2.45, 2.75) is 63.3 Å². The number of Topliss-reactive ketones (excluding diaryl/α,β-unsaturated/α-hetero) is 1. The van der Waals surface area contributed by atoms with Crippen molar-refractivity contribution in [2.24, 2.45) is 28.6 Å². The molecule has 4 rings (SSSR count). The molecule has 0 aromatic heterocycles. The van der Waals surface area contributed by atoms with Crippen molar-refractivity contribution in [1.82, 2.24) is 0 Å². The van der Waals surface area contributed by atoms with E-state index in [9.17, 15) is 14.7 Å². The lowest BCUT2D eigenvalue weighted by atomic mass is 9.48. The lowest BCUT2D eigenvalue weighted by molar-refractivity contribution is -0.139. The van der Waals surface area contributed by atoms with Crippen molar-refractivity contribution >= 4 is 27.5 Å². The largest absolute Gasteiger partial charge is 0.393 e. The first kappa shape index (κ1) is 16.0. The quantitative estimate of drug-likeness (QED) is 0.654. The summed E-state index contributed by atoms with van der Waals surface area (Å²) in [6.45, 7) is 4.37. The molecule has 4 heteroatoms. The van der Waals surface area contributed by atoms with Crippen molar-refractivity contribution in [3.63, 3.8) is 0 Å². The van der Waals surface area contributed by atoms with Crippen LogP contribution < -0.4 is 0 Å². The molecular weight excluding hydrogens is 356 g/mol. The molecule has 4 aliphatic rings. The van der Waals surface area contributed by atoms with Gasteiger partial charge in [-0.05, 0) is 61.9 Å². The fourth-order valence-electron chi connectivity index (χ4n) is 6.14. The van der Waals surface area contributed by atoms with Crippen LogP contribution in [0.15, 0.2) is 11.6 Å². The van der Waals surface area contributed by atoms with Gasteiger partial charge < -0.3 is 5.11 Å². The number of carbonyl (C=O) groups is 2. The molecule has 4 aliphatic carbocycles. The number of aliphatic hydroxyl groups excluding tert-OH is 1. The van der Waals surface area contributed by atoms with Crippen LogP contribution in [0.25, 0.3) is 0 Å². The van der Waals surface area contributed by atoms with Crippen LogP contribution in [-0.4, -0.2) is 27.6 Å². The van der Waals surface area contributed by atoms with Gasteiger partial charge in [-0.1, -0.05) is 35.4 Å². The van der Waals surface area contributed by atoms with Crippen molar-refractivity contribution in [3.8, 4) is 0 Å². The SMILES string of the molecule is CC12CCC3C(C(=O)C=C4CC(O)CCC43C)C1CC(Br)C2=O. The molecule has 0 aromatic rings. The van der Waals surface area contributed by atoms with E-state index in [4.69, 9.17) is 0 Å². The molecule has 3 saturated carbocycles. The summed E-state index contributed by atoms with van der Waals surface area (Å²) in [5, 5.41) is 10.0. The van der Waals surface area contributed by atoms with Gasteiger partial charge in [-0.25, -0.2) is 0 Å². The Hall–Kier alpha value is -0.480. The molecule has 126 valence electrons. The summed E-state index contributed by atoms with van der Waals surface area (Å²) in [5.41, 5.74) is 0.860. The predicted molar refractivity (Wildman–Crippen MR) is 91.2 cm³/mol. The van der Waals surface area contributed by atoms with Crippen LogP contribution in [0.3, 0.4) is 0 Å². The number of hydrogen-bond acceptors (Lipinski definition) is 3. The second-order valence-electron chi connectivity index (χ2n) is 8.65. The maximum atomic E-state index is 12.9. The Kier molecular flexibility index (Phi) is 3.49. The van der Waals surface area contributed by atoms with Gasteiger partial charge in [0.1, 0.15) is 0 Å². The Bertz CT molecular complexity index is 612. The Morgan fingerprint density at radius 2 is 1.83 bits per heavy atom. The number of allylic oxidation sites excluding steroid dienone is 1. The van der Waals surface area contributed by atoms with Crippen molar-refractivity contribution < 1.29 is 14.7 Å². The van der Waals surface area contributed by atoms with Crippen LogP contribution >= 0.6 is 15.9 Å². The zero-order chi connectivity index (χ0) is 16.6. The summed E-state index contributed by atoms with van der Waals surface area (Å²) >= 11 is 3.55. The maximum Gasteiger partial charge on any atom is 0.159 e. The van der Waals surface area contributed by atoms with Crippen LogP contribution in [0.2, 0.25) is 0 Å². The van der Waals surface area contributed by atoms with Gasteiger partial charge in [0.25, 0.3) is 0 Å². The lowest BCUT2D eigenvalue weighted by Gasteiger charge is -2.55. The van der Waals surface area contributed by atoms with E-state index >= 15 is 0 Å². The molecule has 0 aliphatic heterocycles. The van der Waals surface area contributed by atoms with Gasteiger partial charge in [-0.2, -0.15) is 0 Å². The van der Waals surface area contributed by atoms with Crippen molar-refractivity contribution in [1.29, 1.82) is 0 Å². The van der Waals surface area contributed by atoms with Gasteiger partial charge >= 0.3 is 0 Å². The average Bonchev–Trinajstić information content (AvgIpc) is 2.73. The number of rotatable bonds is 0. The Labute approximate surface area is 146 Å². The second kappa shape index (κ2) is 5.01. The van der Waals surface area contributed by atoms with E-state index in [1.165, 1.54) is 0 Å². The first-order chi connectivity index (χ1) is 10.8.